The van der Waals surface area contributed by atoms with Gasteiger partial charge < -0.3 is 19.6 Å². The van der Waals surface area contributed by atoms with E-state index in [9.17, 15) is 14.8 Å². The predicted molar refractivity (Wildman–Crippen MR) is 162 cm³/mol. The van der Waals surface area contributed by atoms with Crippen molar-refractivity contribution >= 4 is 27.5 Å². The predicted octanol–water partition coefficient (Wildman–Crippen LogP) is 4.12. The van der Waals surface area contributed by atoms with Crippen molar-refractivity contribution in [2.75, 3.05) is 50.8 Å². The second-order valence-corrected chi connectivity index (χ2v) is 11.7. The second-order valence-electron chi connectivity index (χ2n) is 11.7. The number of hydrogen-bond donors (Lipinski definition) is 1. The molecule has 1 N–H and O–H groups in total. The summed E-state index contributed by atoms with van der Waals surface area (Å²) >= 11 is 0. The number of alkyl halides is 1. The lowest BCUT2D eigenvalue weighted by Gasteiger charge is -2.33. The molecule has 226 valence electrons. The summed E-state index contributed by atoms with van der Waals surface area (Å²) in [5, 5.41) is 30.2. The van der Waals surface area contributed by atoms with E-state index in [1.54, 1.807) is 35.2 Å². The number of piperazine rings is 1. The van der Waals surface area contributed by atoms with Gasteiger partial charge in [0.2, 0.25) is 0 Å². The van der Waals surface area contributed by atoms with E-state index in [-0.39, 0.29) is 29.6 Å². The fourth-order valence-electron chi connectivity index (χ4n) is 6.94. The SMILES string of the molecule is N#CC#Cc1ccc2cc(O)ccc2c1-c1ncc2c(N3CCN(C#N)CC3)nc(OCC34CCCN3C[C@H](F)C4)nc2c1F. The Morgan fingerprint density at radius 3 is 2.71 bits per heavy atom. The molecule has 10 nitrogen and oxygen atoms in total. The minimum absolute atomic E-state index is 0.00625. The second kappa shape index (κ2) is 11.4. The number of phenolic OH excluding ortho intramolecular Hbond substituents is 1. The summed E-state index contributed by atoms with van der Waals surface area (Å²) in [6, 6.07) is 9.89. The van der Waals surface area contributed by atoms with Crippen molar-refractivity contribution in [2.24, 2.45) is 0 Å². The quantitative estimate of drug-likeness (QED) is 0.262. The highest BCUT2D eigenvalue weighted by atomic mass is 19.1. The van der Waals surface area contributed by atoms with Gasteiger partial charge in [-0.05, 0) is 54.4 Å². The number of pyridine rings is 1. The molecule has 0 aliphatic carbocycles. The number of hydrogen-bond acceptors (Lipinski definition) is 10. The van der Waals surface area contributed by atoms with Crippen LogP contribution >= 0.6 is 0 Å². The van der Waals surface area contributed by atoms with Crippen molar-refractivity contribution in [1.82, 2.24) is 24.8 Å². The Morgan fingerprint density at radius 2 is 1.91 bits per heavy atom. The van der Waals surface area contributed by atoms with Gasteiger partial charge in [-0.3, -0.25) is 9.88 Å². The van der Waals surface area contributed by atoms with Gasteiger partial charge in [-0.1, -0.05) is 12.0 Å². The van der Waals surface area contributed by atoms with Crippen LogP contribution in [0.4, 0.5) is 14.6 Å². The van der Waals surface area contributed by atoms with Crippen LogP contribution in [0.5, 0.6) is 11.8 Å². The van der Waals surface area contributed by atoms with Crippen LogP contribution in [-0.2, 0) is 0 Å². The van der Waals surface area contributed by atoms with E-state index in [2.05, 4.69) is 32.9 Å². The first-order valence-corrected chi connectivity index (χ1v) is 14.8. The Labute approximate surface area is 258 Å². The van der Waals surface area contributed by atoms with Crippen LogP contribution in [0.3, 0.4) is 0 Å². The molecule has 0 saturated carbocycles. The molecule has 0 amide bonds. The van der Waals surface area contributed by atoms with Crippen LogP contribution in [0.1, 0.15) is 24.8 Å². The number of benzene rings is 2. The zero-order valence-corrected chi connectivity index (χ0v) is 24.3. The van der Waals surface area contributed by atoms with Gasteiger partial charge >= 0.3 is 6.01 Å². The van der Waals surface area contributed by atoms with E-state index in [4.69, 9.17) is 15.0 Å². The van der Waals surface area contributed by atoms with Crippen molar-refractivity contribution in [3.63, 3.8) is 0 Å². The van der Waals surface area contributed by atoms with E-state index in [0.717, 1.165) is 19.4 Å². The third-order valence-electron chi connectivity index (χ3n) is 9.09. The van der Waals surface area contributed by atoms with Gasteiger partial charge in [-0.25, -0.2) is 8.78 Å². The van der Waals surface area contributed by atoms with Crippen LogP contribution in [0, 0.1) is 40.4 Å². The standard InChI is InChI=1S/C33H28F2N8O2/c34-23-16-33(8-2-10-43(33)18-23)19-45-32-39-29-26(31(40-32)42-13-11-41(20-37)12-14-42)17-38-30(28(29)35)27-21(3-1-9-36)4-5-22-15-24(44)6-7-25(22)27/h4-7,15,17,23,44H,2,8,10-14,16,18-19H2/t23-,33?/m1/s1. The monoisotopic (exact) mass is 606 g/mol. The Kier molecular flexibility index (Phi) is 7.19. The van der Waals surface area contributed by atoms with Crippen LogP contribution in [0.25, 0.3) is 32.9 Å². The molecule has 2 atom stereocenters. The molecule has 2 aromatic heterocycles. The fraction of sp³-hybridized carbons (Fsp3) is 0.364. The summed E-state index contributed by atoms with van der Waals surface area (Å²) in [5.74, 6) is 4.95. The van der Waals surface area contributed by atoms with Gasteiger partial charge in [0, 0.05) is 62.4 Å². The summed E-state index contributed by atoms with van der Waals surface area (Å²) in [6.07, 6.45) is 4.88. The molecule has 3 saturated heterocycles. The molecule has 0 radical (unpaired) electrons. The van der Waals surface area contributed by atoms with Gasteiger partial charge in [0.05, 0.1) is 10.9 Å². The van der Waals surface area contributed by atoms with Crippen LogP contribution in [0.15, 0.2) is 36.5 Å². The van der Waals surface area contributed by atoms with E-state index >= 15 is 4.39 Å². The maximum absolute atomic E-state index is 16.8. The molecule has 0 spiro atoms. The number of rotatable bonds is 5. The molecule has 7 rings (SSSR count). The number of phenols is 1. The molecule has 3 fully saturated rings. The number of aromatic nitrogens is 3. The number of anilines is 1. The Morgan fingerprint density at radius 1 is 1.07 bits per heavy atom. The van der Waals surface area contributed by atoms with E-state index < -0.39 is 17.5 Å². The van der Waals surface area contributed by atoms with Crippen LogP contribution in [-0.4, -0.2) is 87.4 Å². The molecule has 0 bridgehead atoms. The molecule has 45 heavy (non-hydrogen) atoms. The largest absolute Gasteiger partial charge is 0.508 e. The summed E-state index contributed by atoms with van der Waals surface area (Å²) in [5.41, 5.74) is 0.277. The van der Waals surface area contributed by atoms with Gasteiger partial charge in [0.15, 0.2) is 18.1 Å². The van der Waals surface area contributed by atoms with Crippen molar-refractivity contribution in [3.05, 3.63) is 47.9 Å². The molecule has 3 aliphatic heterocycles. The summed E-state index contributed by atoms with van der Waals surface area (Å²) in [4.78, 5) is 19.5. The number of ether oxygens (including phenoxy) is 1. The molecule has 3 aliphatic rings. The molecule has 5 heterocycles. The first kappa shape index (κ1) is 28.5. The smallest absolute Gasteiger partial charge is 0.319 e. The summed E-state index contributed by atoms with van der Waals surface area (Å²) in [7, 11) is 0. The van der Waals surface area contributed by atoms with Crippen molar-refractivity contribution < 1.29 is 18.6 Å². The van der Waals surface area contributed by atoms with E-state index in [1.807, 2.05) is 4.90 Å². The molecular weight excluding hydrogens is 578 g/mol. The number of nitriles is 2. The summed E-state index contributed by atoms with van der Waals surface area (Å²) in [6.45, 7) is 3.27. The lowest BCUT2D eigenvalue weighted by atomic mass is 9.95. The lowest BCUT2D eigenvalue weighted by Crippen LogP contribution is -2.45. The molecule has 12 heteroatoms. The fourth-order valence-corrected chi connectivity index (χ4v) is 6.94. The maximum Gasteiger partial charge on any atom is 0.319 e. The van der Waals surface area contributed by atoms with Crippen molar-refractivity contribution in [1.29, 1.82) is 10.5 Å². The summed E-state index contributed by atoms with van der Waals surface area (Å²) < 4.78 is 37.4. The number of halogens is 2. The third kappa shape index (κ3) is 5.05. The Hall–Kier alpha value is -5.25. The van der Waals surface area contributed by atoms with Gasteiger partial charge in [0.25, 0.3) is 0 Å². The third-order valence-corrected chi connectivity index (χ3v) is 9.09. The highest BCUT2D eigenvalue weighted by Gasteiger charge is 2.49. The highest BCUT2D eigenvalue weighted by molar-refractivity contribution is 6.01. The molecule has 2 aromatic carbocycles. The van der Waals surface area contributed by atoms with E-state index in [1.165, 1.54) is 12.3 Å². The maximum atomic E-state index is 16.8. The zero-order valence-electron chi connectivity index (χ0n) is 24.3. The zero-order chi connectivity index (χ0) is 31.1. The Balaban J connectivity index is 1.37. The average Bonchev–Trinajstić information content (AvgIpc) is 3.58. The minimum atomic E-state index is -0.926. The molecular formula is C33H28F2N8O2. The van der Waals surface area contributed by atoms with Gasteiger partial charge in [0.1, 0.15) is 35.6 Å². The van der Waals surface area contributed by atoms with Gasteiger partial charge in [-0.15, -0.1) is 0 Å². The molecule has 1 unspecified atom stereocenters. The topological polar surface area (TPSA) is 125 Å². The van der Waals surface area contributed by atoms with Crippen molar-refractivity contribution in [3.8, 4) is 47.1 Å². The minimum Gasteiger partial charge on any atom is -0.508 e. The number of nitrogens with zero attached hydrogens (tertiary/aromatic N) is 8. The molecule has 4 aromatic rings. The van der Waals surface area contributed by atoms with Gasteiger partial charge in [-0.2, -0.15) is 20.5 Å². The number of aromatic hydroxyl groups is 1. The average molecular weight is 607 g/mol. The normalized spacial score (nSPS) is 21.3. The first-order valence-electron chi connectivity index (χ1n) is 14.8. The van der Waals surface area contributed by atoms with E-state index in [0.29, 0.717) is 72.2 Å². The highest BCUT2D eigenvalue weighted by Crippen LogP contribution is 2.41. The Bertz CT molecular complexity index is 1970. The first-order chi connectivity index (χ1) is 21.9. The van der Waals surface area contributed by atoms with Crippen LogP contribution < -0.4 is 9.64 Å². The van der Waals surface area contributed by atoms with Crippen LogP contribution in [0.2, 0.25) is 0 Å². The van der Waals surface area contributed by atoms with Crippen molar-refractivity contribution in [2.45, 2.75) is 31.0 Å². The number of fused-ring (bicyclic) bond motifs is 3. The lowest BCUT2D eigenvalue weighted by molar-refractivity contribution is 0.107.